The van der Waals surface area contributed by atoms with Crippen molar-refractivity contribution >= 4 is 29.9 Å². The van der Waals surface area contributed by atoms with Crippen LogP contribution in [0.5, 0.6) is 0 Å². The van der Waals surface area contributed by atoms with Crippen molar-refractivity contribution < 1.29 is 14.3 Å². The van der Waals surface area contributed by atoms with E-state index in [1.165, 1.54) is 5.56 Å². The molecule has 0 amide bonds. The molecule has 1 atom stereocenters. The van der Waals surface area contributed by atoms with Crippen molar-refractivity contribution in [3.05, 3.63) is 60.1 Å². The Labute approximate surface area is 190 Å². The highest BCUT2D eigenvalue weighted by atomic mass is 127. The predicted octanol–water partition coefficient (Wildman–Crippen LogP) is 3.41. The summed E-state index contributed by atoms with van der Waals surface area (Å²) in [7, 11) is 0. The van der Waals surface area contributed by atoms with Gasteiger partial charge in [-0.3, -0.25) is 0 Å². The number of benzene rings is 1. The lowest BCUT2D eigenvalue weighted by molar-refractivity contribution is 0.0435. The number of halogens is 1. The van der Waals surface area contributed by atoms with Crippen molar-refractivity contribution in [2.45, 2.75) is 37.7 Å². The molecule has 1 aromatic carbocycles. The molecule has 1 unspecified atom stereocenters. The summed E-state index contributed by atoms with van der Waals surface area (Å²) in [6.07, 6.45) is 3.49. The zero-order valence-electron chi connectivity index (χ0n) is 17.2. The van der Waals surface area contributed by atoms with E-state index in [-0.39, 0.29) is 35.9 Å². The molecule has 6 nitrogen and oxygen atoms in total. The largest absolute Gasteiger partial charge is 0.466 e. The lowest BCUT2D eigenvalue weighted by Crippen LogP contribution is -2.48. The monoisotopic (exact) mass is 513 g/mol. The van der Waals surface area contributed by atoms with Crippen LogP contribution in [-0.4, -0.2) is 43.9 Å². The molecule has 3 rings (SSSR count). The second kappa shape index (κ2) is 11.0. The van der Waals surface area contributed by atoms with Gasteiger partial charge < -0.3 is 24.9 Å². The van der Waals surface area contributed by atoms with E-state index in [0.717, 1.165) is 39.1 Å². The maximum Gasteiger partial charge on any atom is 0.191 e. The molecule has 29 heavy (non-hydrogen) atoms. The molecule has 0 aliphatic carbocycles. The first-order chi connectivity index (χ1) is 13.6. The number of hydrogen-bond acceptors (Lipinski definition) is 4. The zero-order valence-corrected chi connectivity index (χ0v) is 19.5. The van der Waals surface area contributed by atoms with Crippen LogP contribution in [0.3, 0.4) is 0 Å². The van der Waals surface area contributed by atoms with Crippen LogP contribution in [0.15, 0.2) is 58.1 Å². The highest BCUT2D eigenvalue weighted by molar-refractivity contribution is 14.0. The Kier molecular flexibility index (Phi) is 8.98. The zero-order chi connectivity index (χ0) is 19.9. The van der Waals surface area contributed by atoms with Gasteiger partial charge in [-0.2, -0.15) is 0 Å². The Morgan fingerprint density at radius 1 is 1.14 bits per heavy atom. The van der Waals surface area contributed by atoms with Crippen LogP contribution in [-0.2, 0) is 15.8 Å². The van der Waals surface area contributed by atoms with Gasteiger partial charge in [-0.15, -0.1) is 24.0 Å². The summed E-state index contributed by atoms with van der Waals surface area (Å²) in [5.41, 5.74) is 0.185. The molecule has 1 aliphatic heterocycles. The van der Waals surface area contributed by atoms with Crippen molar-refractivity contribution in [2.24, 2.45) is 4.99 Å². The molecule has 0 bridgehead atoms. The fourth-order valence-corrected chi connectivity index (χ4v) is 3.61. The van der Waals surface area contributed by atoms with E-state index < -0.39 is 5.60 Å². The second-order valence-electron chi connectivity index (χ2n) is 7.56. The number of rotatable bonds is 7. The molecule has 1 aliphatic rings. The van der Waals surface area contributed by atoms with Crippen LogP contribution in [0, 0.1) is 0 Å². The summed E-state index contributed by atoms with van der Waals surface area (Å²) >= 11 is 0. The van der Waals surface area contributed by atoms with E-state index in [9.17, 15) is 5.11 Å². The Bertz CT molecular complexity index is 742. The normalized spacial score (nSPS) is 18.4. The van der Waals surface area contributed by atoms with Crippen molar-refractivity contribution in [1.82, 2.24) is 10.6 Å². The Morgan fingerprint density at radius 2 is 1.86 bits per heavy atom. The molecule has 3 N–H and O–H groups in total. The van der Waals surface area contributed by atoms with Gasteiger partial charge in [-0.25, -0.2) is 4.99 Å². The molecule has 2 aromatic rings. The number of nitrogens with one attached hydrogen (secondary N) is 2. The molecule has 1 aromatic heterocycles. The van der Waals surface area contributed by atoms with E-state index in [1.807, 2.05) is 13.0 Å². The number of hydrogen-bond donors (Lipinski definition) is 3. The molecule has 7 heteroatoms. The molecule has 0 radical (unpaired) electrons. The van der Waals surface area contributed by atoms with E-state index in [4.69, 9.17) is 9.15 Å². The Hall–Kier alpha value is -1.58. The quantitative estimate of drug-likeness (QED) is 0.301. The van der Waals surface area contributed by atoms with Gasteiger partial charge in [0.2, 0.25) is 0 Å². The number of guanidine groups is 1. The van der Waals surface area contributed by atoms with Crippen LogP contribution < -0.4 is 10.6 Å². The summed E-state index contributed by atoms with van der Waals surface area (Å²) in [5.74, 6) is 1.20. The Morgan fingerprint density at radius 3 is 2.48 bits per heavy atom. The van der Waals surface area contributed by atoms with Gasteiger partial charge >= 0.3 is 0 Å². The van der Waals surface area contributed by atoms with Gasteiger partial charge in [-0.05, 0) is 44.4 Å². The summed E-state index contributed by atoms with van der Waals surface area (Å²) < 4.78 is 11.0. The van der Waals surface area contributed by atoms with Crippen molar-refractivity contribution in [1.29, 1.82) is 0 Å². The number of aliphatic imine (C=N–C) groups is 1. The predicted molar refractivity (Wildman–Crippen MR) is 126 cm³/mol. The topological polar surface area (TPSA) is 79.0 Å². The maximum absolute atomic E-state index is 10.7. The SMILES string of the molecule is CCNC(=NCC(C)(O)c1ccco1)NCC1(c2ccccc2)CCOCC1.I. The van der Waals surface area contributed by atoms with Crippen molar-refractivity contribution in [3.63, 3.8) is 0 Å². The van der Waals surface area contributed by atoms with Crippen LogP contribution in [0.2, 0.25) is 0 Å². The maximum atomic E-state index is 10.7. The molecule has 1 fully saturated rings. The lowest BCUT2D eigenvalue weighted by atomic mass is 9.74. The molecular weight excluding hydrogens is 481 g/mol. The minimum Gasteiger partial charge on any atom is -0.466 e. The number of furan rings is 1. The standard InChI is InChI=1S/C22H31N3O3.HI/c1-3-23-20(24-16-21(2,26)19-10-7-13-28-19)25-17-22(11-14-27-15-12-22)18-8-5-4-6-9-18;/h4-10,13,26H,3,11-12,14-17H2,1-2H3,(H2,23,24,25);1H. The Balaban J connectivity index is 0.00000300. The first-order valence-electron chi connectivity index (χ1n) is 9.98. The smallest absolute Gasteiger partial charge is 0.191 e. The molecule has 2 heterocycles. The third-order valence-corrected chi connectivity index (χ3v) is 5.37. The average Bonchev–Trinajstić information content (AvgIpc) is 3.27. The summed E-state index contributed by atoms with van der Waals surface area (Å²) in [4.78, 5) is 4.60. The third kappa shape index (κ3) is 6.20. The average molecular weight is 513 g/mol. The molecule has 0 saturated carbocycles. The summed E-state index contributed by atoms with van der Waals surface area (Å²) in [6, 6.07) is 14.1. The van der Waals surface area contributed by atoms with Crippen molar-refractivity contribution in [2.75, 3.05) is 32.8 Å². The van der Waals surface area contributed by atoms with E-state index >= 15 is 0 Å². The molecular formula is C22H32IN3O3. The third-order valence-electron chi connectivity index (χ3n) is 5.37. The second-order valence-corrected chi connectivity index (χ2v) is 7.56. The molecule has 160 valence electrons. The van der Waals surface area contributed by atoms with Crippen LogP contribution in [0.1, 0.15) is 38.0 Å². The fraction of sp³-hybridized carbons (Fsp3) is 0.500. The van der Waals surface area contributed by atoms with Gasteiger partial charge in [0, 0.05) is 31.7 Å². The number of aliphatic hydroxyl groups is 1. The summed E-state index contributed by atoms with van der Waals surface area (Å²) in [5, 5.41) is 17.4. The highest BCUT2D eigenvalue weighted by Crippen LogP contribution is 2.34. The first kappa shape index (κ1) is 23.7. The van der Waals surface area contributed by atoms with E-state index in [0.29, 0.717) is 11.7 Å². The van der Waals surface area contributed by atoms with Gasteiger partial charge in [0.1, 0.15) is 11.4 Å². The van der Waals surface area contributed by atoms with Crippen LogP contribution >= 0.6 is 24.0 Å². The van der Waals surface area contributed by atoms with Gasteiger partial charge in [0.15, 0.2) is 5.96 Å². The number of ether oxygens (including phenoxy) is 1. The summed E-state index contributed by atoms with van der Waals surface area (Å²) in [6.45, 7) is 6.98. The van der Waals surface area contributed by atoms with Crippen LogP contribution in [0.4, 0.5) is 0 Å². The minimum atomic E-state index is -1.15. The van der Waals surface area contributed by atoms with Gasteiger partial charge in [0.05, 0.1) is 12.8 Å². The fourth-order valence-electron chi connectivity index (χ4n) is 3.61. The molecule has 0 spiro atoms. The lowest BCUT2D eigenvalue weighted by Gasteiger charge is -2.38. The minimum absolute atomic E-state index is 0. The number of nitrogens with zero attached hydrogens (tertiary/aromatic N) is 1. The van der Waals surface area contributed by atoms with Gasteiger partial charge in [0.25, 0.3) is 0 Å². The van der Waals surface area contributed by atoms with E-state index in [2.05, 4.69) is 39.9 Å². The van der Waals surface area contributed by atoms with E-state index in [1.54, 1.807) is 25.3 Å². The first-order valence-corrected chi connectivity index (χ1v) is 9.98. The highest BCUT2D eigenvalue weighted by Gasteiger charge is 2.34. The van der Waals surface area contributed by atoms with Gasteiger partial charge in [-0.1, -0.05) is 30.3 Å². The molecule has 1 saturated heterocycles. The van der Waals surface area contributed by atoms with Crippen molar-refractivity contribution in [3.8, 4) is 0 Å². The van der Waals surface area contributed by atoms with Crippen LogP contribution in [0.25, 0.3) is 0 Å².